The van der Waals surface area contributed by atoms with E-state index in [1.54, 1.807) is 0 Å². The van der Waals surface area contributed by atoms with Crippen molar-refractivity contribution in [1.29, 1.82) is 0 Å². The van der Waals surface area contributed by atoms with Crippen molar-refractivity contribution in [2.24, 2.45) is 0 Å². The van der Waals surface area contributed by atoms with Crippen molar-refractivity contribution < 1.29 is 0 Å². The summed E-state index contributed by atoms with van der Waals surface area (Å²) < 4.78 is 0. The van der Waals surface area contributed by atoms with E-state index in [-0.39, 0.29) is 0 Å². The predicted octanol–water partition coefficient (Wildman–Crippen LogP) is -1.30. The number of hydrogen-bond donors (Lipinski definition) is 2. The third-order valence-corrected chi connectivity index (χ3v) is 5.49. The molecule has 0 spiro atoms. The van der Waals surface area contributed by atoms with Crippen LogP contribution in [-0.2, 0) is 0 Å². The zero-order chi connectivity index (χ0) is 15.2. The molecular formula is C15H30N6S. The van der Waals surface area contributed by atoms with Crippen LogP contribution in [-0.4, -0.2) is 116 Å². The molecule has 7 heteroatoms. The van der Waals surface area contributed by atoms with Gasteiger partial charge in [-0.1, -0.05) is 0 Å². The molecule has 0 aliphatic carbocycles. The van der Waals surface area contributed by atoms with E-state index in [1.807, 2.05) is 0 Å². The molecule has 3 saturated heterocycles. The zero-order valence-electron chi connectivity index (χ0n) is 13.6. The van der Waals surface area contributed by atoms with Crippen molar-refractivity contribution in [3.05, 3.63) is 0 Å². The molecule has 3 aliphatic rings. The van der Waals surface area contributed by atoms with Gasteiger partial charge in [0.25, 0.3) is 0 Å². The minimum absolute atomic E-state index is 1.07. The quantitative estimate of drug-likeness (QED) is 0.588. The standard InChI is InChI=1S/C15H30N6S/c22-15-20(11-9-18-5-1-16-2-6-18)13-14-21(15)12-10-19-7-3-17-4-8-19/h16-17H,1-14H2. The molecule has 3 fully saturated rings. The Bertz CT molecular complexity index is 322. The third-order valence-electron chi connectivity index (χ3n) is 4.97. The first kappa shape index (κ1) is 16.4. The summed E-state index contributed by atoms with van der Waals surface area (Å²) >= 11 is 5.69. The number of piperazine rings is 2. The molecule has 0 bridgehead atoms. The molecule has 0 aromatic rings. The smallest absolute Gasteiger partial charge is 0.171 e. The van der Waals surface area contributed by atoms with Gasteiger partial charge in [-0.2, -0.15) is 0 Å². The molecule has 6 nitrogen and oxygen atoms in total. The third kappa shape index (κ3) is 4.52. The van der Waals surface area contributed by atoms with Crippen molar-refractivity contribution in [2.45, 2.75) is 0 Å². The van der Waals surface area contributed by atoms with Crippen molar-refractivity contribution in [1.82, 2.24) is 30.2 Å². The van der Waals surface area contributed by atoms with E-state index in [0.717, 1.165) is 70.6 Å². The summed E-state index contributed by atoms with van der Waals surface area (Å²) in [5.74, 6) is 0. The van der Waals surface area contributed by atoms with Crippen molar-refractivity contribution in [3.63, 3.8) is 0 Å². The number of thiocarbonyl (C=S) groups is 1. The van der Waals surface area contributed by atoms with Crippen LogP contribution in [0.1, 0.15) is 0 Å². The van der Waals surface area contributed by atoms with Gasteiger partial charge in [0.1, 0.15) is 0 Å². The Hall–Kier alpha value is -0.470. The maximum Gasteiger partial charge on any atom is 0.171 e. The van der Waals surface area contributed by atoms with Crippen LogP contribution in [0, 0.1) is 0 Å². The van der Waals surface area contributed by atoms with Gasteiger partial charge in [-0.25, -0.2) is 0 Å². The Balaban J connectivity index is 1.35. The molecule has 0 aromatic heterocycles. The summed E-state index contributed by atoms with van der Waals surface area (Å²) in [6.07, 6.45) is 0. The lowest BCUT2D eigenvalue weighted by molar-refractivity contribution is 0.223. The summed E-state index contributed by atoms with van der Waals surface area (Å²) in [6, 6.07) is 0. The fraction of sp³-hybridized carbons (Fsp3) is 0.933. The fourth-order valence-electron chi connectivity index (χ4n) is 3.44. The molecule has 2 N–H and O–H groups in total. The van der Waals surface area contributed by atoms with Crippen LogP contribution in [0.3, 0.4) is 0 Å². The molecule has 126 valence electrons. The average molecular weight is 327 g/mol. The molecule has 0 aromatic carbocycles. The Kier molecular flexibility index (Phi) is 6.26. The van der Waals surface area contributed by atoms with Gasteiger partial charge in [0.05, 0.1) is 0 Å². The summed E-state index contributed by atoms with van der Waals surface area (Å²) in [4.78, 5) is 9.88. The van der Waals surface area contributed by atoms with Crippen LogP contribution < -0.4 is 10.6 Å². The monoisotopic (exact) mass is 326 g/mol. The first-order valence-electron chi connectivity index (χ1n) is 8.73. The minimum atomic E-state index is 1.07. The maximum absolute atomic E-state index is 5.69. The highest BCUT2D eigenvalue weighted by atomic mass is 32.1. The molecule has 22 heavy (non-hydrogen) atoms. The average Bonchev–Trinajstić information content (AvgIpc) is 2.93. The highest BCUT2D eigenvalue weighted by Crippen LogP contribution is 2.09. The van der Waals surface area contributed by atoms with Crippen LogP contribution in [0.4, 0.5) is 0 Å². The van der Waals surface area contributed by atoms with E-state index in [2.05, 4.69) is 30.2 Å². The second-order valence-corrected chi connectivity index (χ2v) is 6.81. The lowest BCUT2D eigenvalue weighted by atomic mass is 10.3. The van der Waals surface area contributed by atoms with E-state index >= 15 is 0 Å². The molecule has 0 amide bonds. The second-order valence-electron chi connectivity index (χ2n) is 6.44. The molecule has 3 aliphatic heterocycles. The van der Waals surface area contributed by atoms with Crippen molar-refractivity contribution >= 4 is 17.3 Å². The summed E-state index contributed by atoms with van der Waals surface area (Å²) in [5.41, 5.74) is 0. The van der Waals surface area contributed by atoms with Crippen LogP contribution in [0.15, 0.2) is 0 Å². The number of nitrogens with zero attached hydrogens (tertiary/aromatic N) is 4. The van der Waals surface area contributed by atoms with Gasteiger partial charge in [-0.05, 0) is 12.2 Å². The zero-order valence-corrected chi connectivity index (χ0v) is 14.4. The Morgan fingerprint density at radius 2 is 1.05 bits per heavy atom. The molecule has 3 rings (SSSR count). The van der Waals surface area contributed by atoms with Gasteiger partial charge < -0.3 is 20.4 Å². The molecule has 0 radical (unpaired) electrons. The molecule has 0 unspecified atom stereocenters. The van der Waals surface area contributed by atoms with E-state index in [0.29, 0.717) is 0 Å². The molecule has 0 saturated carbocycles. The van der Waals surface area contributed by atoms with Crippen molar-refractivity contribution in [2.75, 3.05) is 91.6 Å². The first-order valence-corrected chi connectivity index (χ1v) is 9.14. The van der Waals surface area contributed by atoms with Gasteiger partial charge in [-0.15, -0.1) is 0 Å². The maximum atomic E-state index is 5.69. The Morgan fingerprint density at radius 3 is 1.45 bits per heavy atom. The van der Waals surface area contributed by atoms with Gasteiger partial charge in [0.2, 0.25) is 0 Å². The SMILES string of the molecule is S=C1N(CCN2CCNCC2)CCN1CCN1CCNCC1. The lowest BCUT2D eigenvalue weighted by Gasteiger charge is -2.31. The summed E-state index contributed by atoms with van der Waals surface area (Å²) in [5, 5.41) is 7.89. The number of hydrogen-bond acceptors (Lipinski definition) is 5. The van der Waals surface area contributed by atoms with Gasteiger partial charge in [0, 0.05) is 91.6 Å². The second kappa shape index (κ2) is 8.40. The van der Waals surface area contributed by atoms with Gasteiger partial charge >= 0.3 is 0 Å². The first-order chi connectivity index (χ1) is 10.8. The minimum Gasteiger partial charge on any atom is -0.346 e. The Labute approximate surface area is 139 Å². The lowest BCUT2D eigenvalue weighted by Crippen LogP contribution is -2.47. The molecule has 3 heterocycles. The Morgan fingerprint density at radius 1 is 0.636 bits per heavy atom. The van der Waals surface area contributed by atoms with Crippen LogP contribution >= 0.6 is 12.2 Å². The highest BCUT2D eigenvalue weighted by molar-refractivity contribution is 7.80. The largest absolute Gasteiger partial charge is 0.346 e. The van der Waals surface area contributed by atoms with E-state index in [4.69, 9.17) is 12.2 Å². The van der Waals surface area contributed by atoms with Crippen LogP contribution in [0.25, 0.3) is 0 Å². The summed E-state index contributed by atoms with van der Waals surface area (Å²) in [7, 11) is 0. The predicted molar refractivity (Wildman–Crippen MR) is 94.4 cm³/mol. The van der Waals surface area contributed by atoms with Crippen molar-refractivity contribution in [3.8, 4) is 0 Å². The molecular weight excluding hydrogens is 296 g/mol. The van der Waals surface area contributed by atoms with E-state index in [1.165, 1.54) is 26.2 Å². The van der Waals surface area contributed by atoms with Crippen LogP contribution in [0.5, 0.6) is 0 Å². The van der Waals surface area contributed by atoms with E-state index in [9.17, 15) is 0 Å². The molecule has 0 atom stereocenters. The number of rotatable bonds is 6. The van der Waals surface area contributed by atoms with Gasteiger partial charge in [0.15, 0.2) is 5.11 Å². The normalized spacial score (nSPS) is 25.2. The highest BCUT2D eigenvalue weighted by Gasteiger charge is 2.25. The van der Waals surface area contributed by atoms with Crippen LogP contribution in [0.2, 0.25) is 0 Å². The van der Waals surface area contributed by atoms with E-state index < -0.39 is 0 Å². The number of nitrogens with one attached hydrogen (secondary N) is 2. The summed E-state index contributed by atoms with van der Waals surface area (Å²) in [6.45, 7) is 15.9. The van der Waals surface area contributed by atoms with Gasteiger partial charge in [-0.3, -0.25) is 9.80 Å². The fourth-order valence-corrected chi connectivity index (χ4v) is 3.81. The topological polar surface area (TPSA) is 37.0 Å².